The first-order chi connectivity index (χ1) is 10.1. The van der Waals surface area contributed by atoms with Gasteiger partial charge in [-0.2, -0.15) is 10.2 Å². The fraction of sp³-hybridized carbons (Fsp3) is 0.200. The van der Waals surface area contributed by atoms with Crippen LogP contribution in [0.4, 0.5) is 5.69 Å². The number of halogens is 1. The lowest BCUT2D eigenvalue weighted by Gasteiger charge is -2.04. The van der Waals surface area contributed by atoms with E-state index >= 15 is 0 Å². The third kappa shape index (κ3) is 2.58. The molecule has 0 aliphatic carbocycles. The van der Waals surface area contributed by atoms with Gasteiger partial charge in [0.05, 0.1) is 28.6 Å². The molecular weight excluding hydrogens is 330 g/mol. The molecule has 3 aromatic rings. The van der Waals surface area contributed by atoms with E-state index in [1.54, 1.807) is 0 Å². The van der Waals surface area contributed by atoms with Gasteiger partial charge >= 0.3 is 0 Å². The van der Waals surface area contributed by atoms with E-state index in [0.717, 1.165) is 32.7 Å². The van der Waals surface area contributed by atoms with Gasteiger partial charge in [-0.3, -0.25) is 9.36 Å². The van der Waals surface area contributed by atoms with Crippen LogP contribution in [0.1, 0.15) is 11.4 Å². The quantitative estimate of drug-likeness (QED) is 0.742. The molecule has 2 aromatic heterocycles. The lowest BCUT2D eigenvalue weighted by atomic mass is 10.1. The number of nitrogens with zero attached hydrogens (tertiary/aromatic N) is 4. The Morgan fingerprint density at radius 2 is 2.05 bits per heavy atom. The minimum Gasteiger partial charge on any atom is -0.398 e. The van der Waals surface area contributed by atoms with Crippen LogP contribution in [0.2, 0.25) is 0 Å². The zero-order valence-electron chi connectivity index (χ0n) is 11.9. The molecule has 21 heavy (non-hydrogen) atoms. The summed E-state index contributed by atoms with van der Waals surface area (Å²) in [5.41, 5.74) is 10.9. The SMILES string of the molecule is Cc1nn(C)c(Cn2cc(-c3ccccc3N)cn2)c1Br. The van der Waals surface area contributed by atoms with E-state index in [1.807, 2.05) is 60.0 Å². The smallest absolute Gasteiger partial charge is 0.0839 e. The second-order valence-electron chi connectivity index (χ2n) is 4.98. The van der Waals surface area contributed by atoms with Gasteiger partial charge in [-0.05, 0) is 28.9 Å². The van der Waals surface area contributed by atoms with Crippen molar-refractivity contribution in [3.63, 3.8) is 0 Å². The highest BCUT2D eigenvalue weighted by Gasteiger charge is 2.12. The molecule has 5 nitrogen and oxygen atoms in total. The molecule has 0 radical (unpaired) electrons. The van der Waals surface area contributed by atoms with Crippen molar-refractivity contribution in [2.75, 3.05) is 5.73 Å². The molecule has 0 aliphatic rings. The van der Waals surface area contributed by atoms with E-state index in [9.17, 15) is 0 Å². The monoisotopic (exact) mass is 345 g/mol. The number of hydrogen-bond acceptors (Lipinski definition) is 3. The fourth-order valence-corrected chi connectivity index (χ4v) is 2.82. The van der Waals surface area contributed by atoms with Crippen molar-refractivity contribution < 1.29 is 0 Å². The first-order valence-corrected chi connectivity index (χ1v) is 7.41. The highest BCUT2D eigenvalue weighted by Crippen LogP contribution is 2.26. The van der Waals surface area contributed by atoms with Crippen molar-refractivity contribution >= 4 is 21.6 Å². The lowest BCUT2D eigenvalue weighted by Crippen LogP contribution is -2.06. The van der Waals surface area contributed by atoms with E-state index in [2.05, 4.69) is 26.1 Å². The van der Waals surface area contributed by atoms with Gasteiger partial charge in [-0.25, -0.2) is 0 Å². The summed E-state index contributed by atoms with van der Waals surface area (Å²) in [6, 6.07) is 7.80. The van der Waals surface area contributed by atoms with Crippen LogP contribution in [-0.4, -0.2) is 19.6 Å². The fourth-order valence-electron chi connectivity index (χ4n) is 2.35. The topological polar surface area (TPSA) is 61.7 Å². The van der Waals surface area contributed by atoms with Gasteiger partial charge in [-0.15, -0.1) is 0 Å². The maximum atomic E-state index is 6.01. The summed E-state index contributed by atoms with van der Waals surface area (Å²) in [5, 5.41) is 8.81. The van der Waals surface area contributed by atoms with Gasteiger partial charge < -0.3 is 5.73 Å². The molecule has 0 saturated heterocycles. The summed E-state index contributed by atoms with van der Waals surface area (Å²) in [5.74, 6) is 0. The molecule has 6 heteroatoms. The van der Waals surface area contributed by atoms with Crippen molar-refractivity contribution in [3.8, 4) is 11.1 Å². The molecule has 0 spiro atoms. The number of anilines is 1. The van der Waals surface area contributed by atoms with E-state index in [-0.39, 0.29) is 0 Å². The predicted molar refractivity (Wildman–Crippen MR) is 86.8 cm³/mol. The zero-order valence-corrected chi connectivity index (χ0v) is 13.5. The molecule has 1 aromatic carbocycles. The van der Waals surface area contributed by atoms with Crippen molar-refractivity contribution in [3.05, 3.63) is 52.5 Å². The van der Waals surface area contributed by atoms with Crippen molar-refractivity contribution in [2.24, 2.45) is 7.05 Å². The Labute approximate surface area is 131 Å². The molecule has 0 bridgehead atoms. The molecule has 2 N–H and O–H groups in total. The first-order valence-electron chi connectivity index (χ1n) is 6.61. The van der Waals surface area contributed by atoms with Crippen LogP contribution >= 0.6 is 15.9 Å². The molecule has 0 fully saturated rings. The summed E-state index contributed by atoms with van der Waals surface area (Å²) in [6.07, 6.45) is 3.84. The molecular formula is C15H16BrN5. The van der Waals surface area contributed by atoms with Crippen molar-refractivity contribution in [2.45, 2.75) is 13.5 Å². The average molecular weight is 346 g/mol. The maximum absolute atomic E-state index is 6.01. The third-order valence-corrected chi connectivity index (χ3v) is 4.51. The van der Waals surface area contributed by atoms with Crippen LogP contribution in [0.25, 0.3) is 11.1 Å². The number of para-hydroxylation sites is 1. The van der Waals surface area contributed by atoms with E-state index < -0.39 is 0 Å². The maximum Gasteiger partial charge on any atom is 0.0839 e. The number of benzene rings is 1. The van der Waals surface area contributed by atoms with E-state index in [4.69, 9.17) is 5.73 Å². The number of nitrogens with two attached hydrogens (primary N) is 1. The molecule has 0 aliphatic heterocycles. The Morgan fingerprint density at radius 1 is 1.29 bits per heavy atom. The summed E-state index contributed by atoms with van der Waals surface area (Å²) >= 11 is 3.58. The van der Waals surface area contributed by atoms with Gasteiger partial charge in [0.2, 0.25) is 0 Å². The molecule has 0 saturated carbocycles. The second kappa shape index (κ2) is 5.37. The Hall–Kier alpha value is -2.08. The lowest BCUT2D eigenvalue weighted by molar-refractivity contribution is 0.617. The summed E-state index contributed by atoms with van der Waals surface area (Å²) in [7, 11) is 1.94. The normalized spacial score (nSPS) is 11.0. The van der Waals surface area contributed by atoms with Crippen LogP contribution in [-0.2, 0) is 13.6 Å². The molecule has 0 atom stereocenters. The number of hydrogen-bond donors (Lipinski definition) is 1. The van der Waals surface area contributed by atoms with Crippen LogP contribution in [0, 0.1) is 6.92 Å². The summed E-state index contributed by atoms with van der Waals surface area (Å²) in [4.78, 5) is 0. The Balaban J connectivity index is 1.91. The highest BCUT2D eigenvalue weighted by atomic mass is 79.9. The van der Waals surface area contributed by atoms with Crippen LogP contribution < -0.4 is 5.73 Å². The number of aromatic nitrogens is 4. The number of nitrogen functional groups attached to an aromatic ring is 1. The molecule has 108 valence electrons. The number of rotatable bonds is 3. The number of aryl methyl sites for hydroxylation is 2. The van der Waals surface area contributed by atoms with Gasteiger partial charge in [-0.1, -0.05) is 18.2 Å². The minimum atomic E-state index is 0.657. The standard InChI is InChI=1S/C15H16BrN5/c1-10-15(16)14(20(2)19-10)9-21-8-11(7-18-21)12-5-3-4-6-13(12)17/h3-8H,9,17H2,1-2H3. The van der Waals surface area contributed by atoms with Gasteiger partial charge in [0.25, 0.3) is 0 Å². The molecule has 3 rings (SSSR count). The largest absolute Gasteiger partial charge is 0.398 e. The predicted octanol–water partition coefficient (Wildman–Crippen LogP) is 2.99. The van der Waals surface area contributed by atoms with Gasteiger partial charge in [0, 0.05) is 30.1 Å². The zero-order chi connectivity index (χ0) is 15.0. The first kappa shape index (κ1) is 13.9. The van der Waals surface area contributed by atoms with Crippen molar-refractivity contribution in [1.82, 2.24) is 19.6 Å². The molecule has 0 unspecified atom stereocenters. The summed E-state index contributed by atoms with van der Waals surface area (Å²) in [6.45, 7) is 2.64. The van der Waals surface area contributed by atoms with Gasteiger partial charge in [0.1, 0.15) is 0 Å². The van der Waals surface area contributed by atoms with Crippen LogP contribution in [0.3, 0.4) is 0 Å². The van der Waals surface area contributed by atoms with Crippen molar-refractivity contribution in [1.29, 1.82) is 0 Å². The second-order valence-corrected chi connectivity index (χ2v) is 5.78. The van der Waals surface area contributed by atoms with Crippen LogP contribution in [0.5, 0.6) is 0 Å². The van der Waals surface area contributed by atoms with E-state index in [0.29, 0.717) is 6.54 Å². The van der Waals surface area contributed by atoms with E-state index in [1.165, 1.54) is 0 Å². The molecule has 2 heterocycles. The Bertz CT molecular complexity index is 787. The third-order valence-electron chi connectivity index (χ3n) is 3.48. The van der Waals surface area contributed by atoms with Gasteiger partial charge in [0.15, 0.2) is 0 Å². The molecule has 0 amide bonds. The average Bonchev–Trinajstić information content (AvgIpc) is 3.01. The highest BCUT2D eigenvalue weighted by molar-refractivity contribution is 9.10. The Kier molecular flexibility index (Phi) is 3.55. The summed E-state index contributed by atoms with van der Waals surface area (Å²) < 4.78 is 4.79. The minimum absolute atomic E-state index is 0.657. The van der Waals surface area contributed by atoms with Crippen LogP contribution in [0.15, 0.2) is 41.1 Å². The Morgan fingerprint density at radius 3 is 2.71 bits per heavy atom.